The molecule has 8 nitrogen and oxygen atoms in total. The summed E-state index contributed by atoms with van der Waals surface area (Å²) >= 11 is 6.11. The van der Waals surface area contributed by atoms with Crippen molar-refractivity contribution in [3.05, 3.63) is 16.9 Å². The second-order valence-electron chi connectivity index (χ2n) is 5.65. The number of aromatic nitrogens is 5. The van der Waals surface area contributed by atoms with Crippen LogP contribution >= 0.6 is 11.6 Å². The number of hydrogen-bond acceptors (Lipinski definition) is 7. The monoisotopic (exact) mass is 346 g/mol. The molecule has 0 fully saturated rings. The third-order valence-corrected chi connectivity index (χ3v) is 3.43. The van der Waals surface area contributed by atoms with Gasteiger partial charge in [0.2, 0.25) is 0 Å². The van der Waals surface area contributed by atoms with Crippen LogP contribution in [0.5, 0.6) is 0 Å². The summed E-state index contributed by atoms with van der Waals surface area (Å²) in [4.78, 5) is 8.75. The van der Waals surface area contributed by atoms with E-state index in [1.165, 1.54) is 0 Å². The predicted molar refractivity (Wildman–Crippen MR) is 89.1 cm³/mol. The lowest BCUT2D eigenvalue weighted by Crippen LogP contribution is -2.14. The number of nitrogen functional groups attached to an aromatic ring is 1. The number of aliphatic hydroxyl groups is 1. The van der Waals surface area contributed by atoms with Crippen LogP contribution in [0.2, 0.25) is 5.15 Å². The Labute approximate surface area is 142 Å². The van der Waals surface area contributed by atoms with Gasteiger partial charge in [0.15, 0.2) is 17.3 Å². The van der Waals surface area contributed by atoms with E-state index < -0.39 is 5.60 Å². The first-order valence-corrected chi connectivity index (χ1v) is 7.58. The number of nitrogens with zero attached hydrogens (tertiary/aromatic N) is 5. The van der Waals surface area contributed by atoms with Crippen LogP contribution in [0, 0.1) is 11.8 Å². The molecular formula is C15H15ClN6O2. The average molecular weight is 347 g/mol. The fourth-order valence-corrected chi connectivity index (χ4v) is 2.43. The number of fused-ring (bicyclic) bond motifs is 1. The van der Waals surface area contributed by atoms with Crippen molar-refractivity contribution in [1.82, 2.24) is 24.8 Å². The van der Waals surface area contributed by atoms with Crippen LogP contribution < -0.4 is 5.73 Å². The minimum Gasteiger partial charge on any atom is -0.379 e. The Bertz CT molecular complexity index is 974. The van der Waals surface area contributed by atoms with Gasteiger partial charge in [0, 0.05) is 12.6 Å². The smallest absolute Gasteiger partial charge is 0.199 e. The number of anilines is 1. The number of imidazole rings is 1. The van der Waals surface area contributed by atoms with Gasteiger partial charge in [-0.2, -0.15) is 0 Å². The second-order valence-corrected chi connectivity index (χ2v) is 6.04. The van der Waals surface area contributed by atoms with E-state index >= 15 is 0 Å². The third kappa shape index (κ3) is 2.91. The molecule has 0 aliphatic heterocycles. The molecule has 0 saturated carbocycles. The molecule has 0 bridgehead atoms. The van der Waals surface area contributed by atoms with Crippen molar-refractivity contribution in [2.75, 3.05) is 5.73 Å². The van der Waals surface area contributed by atoms with E-state index in [0.717, 1.165) is 5.52 Å². The Morgan fingerprint density at radius 1 is 1.38 bits per heavy atom. The van der Waals surface area contributed by atoms with Gasteiger partial charge >= 0.3 is 0 Å². The van der Waals surface area contributed by atoms with Crippen LogP contribution in [-0.4, -0.2) is 35.6 Å². The third-order valence-electron chi connectivity index (χ3n) is 3.23. The molecule has 3 rings (SSSR count). The number of aryl methyl sites for hydroxylation is 1. The van der Waals surface area contributed by atoms with Gasteiger partial charge in [0.25, 0.3) is 0 Å². The maximum atomic E-state index is 9.81. The topological polar surface area (TPSA) is 116 Å². The van der Waals surface area contributed by atoms with Crippen LogP contribution in [0.4, 0.5) is 5.82 Å². The first-order chi connectivity index (χ1) is 11.3. The van der Waals surface area contributed by atoms with Crippen molar-refractivity contribution in [2.45, 2.75) is 32.9 Å². The molecule has 24 heavy (non-hydrogen) atoms. The van der Waals surface area contributed by atoms with Crippen molar-refractivity contribution in [1.29, 1.82) is 0 Å². The van der Waals surface area contributed by atoms with E-state index in [2.05, 4.69) is 36.8 Å². The molecule has 0 aromatic carbocycles. The lowest BCUT2D eigenvalue weighted by atomic mass is 10.1. The van der Waals surface area contributed by atoms with E-state index in [-0.39, 0.29) is 11.0 Å². The summed E-state index contributed by atoms with van der Waals surface area (Å²) in [5, 5.41) is 17.5. The molecular weight excluding hydrogens is 332 g/mol. The minimum absolute atomic E-state index is 0.142. The Balaban J connectivity index is 2.31. The van der Waals surface area contributed by atoms with Crippen molar-refractivity contribution in [3.63, 3.8) is 0 Å². The van der Waals surface area contributed by atoms with Gasteiger partial charge in [-0.05, 0) is 37.0 Å². The molecule has 124 valence electrons. The summed E-state index contributed by atoms with van der Waals surface area (Å²) in [5.41, 5.74) is 6.59. The van der Waals surface area contributed by atoms with Crippen molar-refractivity contribution >= 4 is 28.5 Å². The average Bonchev–Trinajstić information content (AvgIpc) is 3.06. The molecule has 0 radical (unpaired) electrons. The Morgan fingerprint density at radius 3 is 2.71 bits per heavy atom. The number of rotatable bonds is 2. The predicted octanol–water partition coefficient (Wildman–Crippen LogP) is 1.86. The number of halogens is 1. The van der Waals surface area contributed by atoms with E-state index in [1.807, 2.05) is 11.5 Å². The minimum atomic E-state index is -1.16. The number of hydrogen-bond donors (Lipinski definition) is 2. The van der Waals surface area contributed by atoms with Crippen molar-refractivity contribution < 1.29 is 9.74 Å². The van der Waals surface area contributed by atoms with Gasteiger partial charge in [-0.1, -0.05) is 17.5 Å². The summed E-state index contributed by atoms with van der Waals surface area (Å²) in [6.07, 6.45) is 0. The van der Waals surface area contributed by atoms with Gasteiger partial charge in [0.1, 0.15) is 22.0 Å². The lowest BCUT2D eigenvalue weighted by Gasteiger charge is -2.06. The van der Waals surface area contributed by atoms with Gasteiger partial charge in [-0.25, -0.2) is 14.6 Å². The fourth-order valence-electron chi connectivity index (χ4n) is 2.24. The summed E-state index contributed by atoms with van der Waals surface area (Å²) < 4.78 is 6.53. The molecule has 0 aliphatic rings. The SMILES string of the molecule is CCn1c(-c2nonc2N)nc2c(C#CC(C)(C)O)nc(Cl)cc21. The summed E-state index contributed by atoms with van der Waals surface area (Å²) in [6, 6.07) is 1.69. The molecule has 0 atom stereocenters. The quantitative estimate of drug-likeness (QED) is 0.537. The lowest BCUT2D eigenvalue weighted by molar-refractivity contribution is 0.143. The zero-order valence-electron chi connectivity index (χ0n) is 13.3. The summed E-state index contributed by atoms with van der Waals surface area (Å²) in [5.74, 6) is 6.17. The van der Waals surface area contributed by atoms with E-state index in [9.17, 15) is 5.11 Å². The van der Waals surface area contributed by atoms with Gasteiger partial charge in [0.05, 0.1) is 5.52 Å². The molecule has 0 saturated heterocycles. The normalized spacial score (nSPS) is 11.5. The largest absolute Gasteiger partial charge is 0.379 e. The van der Waals surface area contributed by atoms with E-state index in [0.29, 0.717) is 29.3 Å². The second kappa shape index (κ2) is 5.78. The summed E-state index contributed by atoms with van der Waals surface area (Å²) in [6.45, 7) is 5.71. The first-order valence-electron chi connectivity index (χ1n) is 7.21. The van der Waals surface area contributed by atoms with Crippen molar-refractivity contribution in [3.8, 4) is 23.4 Å². The maximum Gasteiger partial charge on any atom is 0.199 e. The molecule has 0 spiro atoms. The highest BCUT2D eigenvalue weighted by atomic mass is 35.5. The molecule has 0 amide bonds. The van der Waals surface area contributed by atoms with Gasteiger partial charge < -0.3 is 15.4 Å². The number of pyridine rings is 1. The zero-order valence-corrected chi connectivity index (χ0v) is 14.1. The van der Waals surface area contributed by atoms with Crippen LogP contribution in [0.15, 0.2) is 10.7 Å². The maximum absolute atomic E-state index is 9.81. The number of nitrogens with two attached hydrogens (primary N) is 1. The Hall–Kier alpha value is -2.63. The molecule has 0 aliphatic carbocycles. The molecule has 9 heteroatoms. The van der Waals surface area contributed by atoms with Crippen LogP contribution in [0.25, 0.3) is 22.6 Å². The molecule has 3 N–H and O–H groups in total. The molecule has 3 aromatic heterocycles. The molecule has 3 aromatic rings. The van der Waals surface area contributed by atoms with Crippen LogP contribution in [-0.2, 0) is 6.54 Å². The molecule has 0 unspecified atom stereocenters. The van der Waals surface area contributed by atoms with Crippen LogP contribution in [0.3, 0.4) is 0 Å². The first kappa shape index (κ1) is 16.2. The van der Waals surface area contributed by atoms with E-state index in [4.69, 9.17) is 17.3 Å². The van der Waals surface area contributed by atoms with Gasteiger partial charge in [-0.15, -0.1) is 0 Å². The summed E-state index contributed by atoms with van der Waals surface area (Å²) in [7, 11) is 0. The highest BCUT2D eigenvalue weighted by Crippen LogP contribution is 2.29. The van der Waals surface area contributed by atoms with E-state index in [1.54, 1.807) is 19.9 Å². The van der Waals surface area contributed by atoms with Crippen molar-refractivity contribution in [2.24, 2.45) is 0 Å². The highest BCUT2D eigenvalue weighted by molar-refractivity contribution is 6.30. The van der Waals surface area contributed by atoms with Gasteiger partial charge in [-0.3, -0.25) is 0 Å². The fraction of sp³-hybridized carbons (Fsp3) is 0.333. The molecule has 3 heterocycles. The Morgan fingerprint density at radius 2 is 2.12 bits per heavy atom. The Kier molecular flexibility index (Phi) is 3.91. The van der Waals surface area contributed by atoms with Crippen LogP contribution in [0.1, 0.15) is 26.5 Å². The zero-order chi connectivity index (χ0) is 17.5. The standard InChI is InChI=1S/C15H15ClN6O2/c1-4-22-9-7-10(16)18-8(5-6-15(2,3)23)11(9)19-14(22)12-13(17)21-24-20-12/h7,23H,4H2,1-3H3,(H2,17,21). The highest BCUT2D eigenvalue weighted by Gasteiger charge is 2.21.